The molecular formula is C10H19. The number of rotatable bonds is 0. The molecule has 0 saturated heterocycles. The molecule has 1 saturated carbocycles. The van der Waals surface area contributed by atoms with Crippen LogP contribution in [0.5, 0.6) is 0 Å². The van der Waals surface area contributed by atoms with Gasteiger partial charge in [0.25, 0.3) is 0 Å². The van der Waals surface area contributed by atoms with E-state index in [4.69, 9.17) is 0 Å². The zero-order valence-corrected chi connectivity index (χ0v) is 7.91. The predicted molar refractivity (Wildman–Crippen MR) is 45.7 cm³/mol. The molecule has 1 fully saturated rings. The van der Waals surface area contributed by atoms with Crippen molar-refractivity contribution < 1.29 is 0 Å². The zero-order valence-electron chi connectivity index (χ0n) is 7.91. The maximum absolute atomic E-state index is 2.38. The lowest BCUT2D eigenvalue weighted by Gasteiger charge is -2.37. The lowest BCUT2D eigenvalue weighted by Crippen LogP contribution is -2.29. The van der Waals surface area contributed by atoms with Crippen molar-refractivity contribution in [3.05, 3.63) is 5.92 Å². The molecule has 0 heterocycles. The summed E-state index contributed by atoms with van der Waals surface area (Å²) < 4.78 is 0. The average molecular weight is 139 g/mol. The van der Waals surface area contributed by atoms with Crippen LogP contribution >= 0.6 is 0 Å². The molecule has 1 rings (SSSR count). The standard InChI is InChI=1S/C10H19/c1-8-6-7-9(2,3)10(8,4)5/h6-7H2,1-5H3. The molecule has 0 aromatic rings. The highest BCUT2D eigenvalue weighted by Gasteiger charge is 2.46. The van der Waals surface area contributed by atoms with Gasteiger partial charge in [-0.25, -0.2) is 0 Å². The quantitative estimate of drug-likeness (QED) is 0.482. The summed E-state index contributed by atoms with van der Waals surface area (Å²) >= 11 is 0. The Morgan fingerprint density at radius 3 is 1.70 bits per heavy atom. The van der Waals surface area contributed by atoms with E-state index in [9.17, 15) is 0 Å². The highest BCUT2D eigenvalue weighted by molar-refractivity contribution is 5.12. The molecular weight excluding hydrogens is 120 g/mol. The first-order valence-electron chi connectivity index (χ1n) is 4.21. The van der Waals surface area contributed by atoms with Crippen LogP contribution in [0, 0.1) is 16.7 Å². The Balaban J connectivity index is 2.84. The van der Waals surface area contributed by atoms with Crippen LogP contribution in [0.4, 0.5) is 0 Å². The van der Waals surface area contributed by atoms with Crippen molar-refractivity contribution in [3.63, 3.8) is 0 Å². The lowest BCUT2D eigenvalue weighted by atomic mass is 9.67. The first kappa shape index (κ1) is 8.10. The van der Waals surface area contributed by atoms with Gasteiger partial charge in [0, 0.05) is 0 Å². The van der Waals surface area contributed by atoms with Gasteiger partial charge < -0.3 is 0 Å². The van der Waals surface area contributed by atoms with Crippen molar-refractivity contribution in [2.24, 2.45) is 10.8 Å². The largest absolute Gasteiger partial charge is 0.0594 e. The third kappa shape index (κ3) is 0.889. The third-order valence-corrected chi connectivity index (χ3v) is 3.88. The van der Waals surface area contributed by atoms with E-state index < -0.39 is 0 Å². The van der Waals surface area contributed by atoms with Gasteiger partial charge in [-0.1, -0.05) is 34.6 Å². The van der Waals surface area contributed by atoms with Crippen LogP contribution in [0.25, 0.3) is 0 Å². The molecule has 59 valence electrons. The number of hydrogen-bond donors (Lipinski definition) is 0. The highest BCUT2D eigenvalue weighted by atomic mass is 14.5. The minimum atomic E-state index is 0.465. The molecule has 1 aliphatic carbocycles. The second-order valence-corrected chi connectivity index (χ2v) is 4.79. The summed E-state index contributed by atoms with van der Waals surface area (Å²) in [7, 11) is 0. The normalized spacial score (nSPS) is 30.9. The molecule has 0 aliphatic heterocycles. The van der Waals surface area contributed by atoms with Gasteiger partial charge in [0.15, 0.2) is 0 Å². The minimum Gasteiger partial charge on any atom is -0.0594 e. The Hall–Kier alpha value is 0. The summed E-state index contributed by atoms with van der Waals surface area (Å²) in [6.07, 6.45) is 2.70. The molecule has 0 atom stereocenters. The molecule has 0 N–H and O–H groups in total. The molecule has 1 aliphatic rings. The molecule has 0 heteroatoms. The summed E-state index contributed by atoms with van der Waals surface area (Å²) in [5, 5.41) is 0. The maximum Gasteiger partial charge on any atom is -0.0210 e. The van der Waals surface area contributed by atoms with Crippen LogP contribution in [0.15, 0.2) is 0 Å². The SMILES string of the molecule is C[C]1CCC(C)(C)C1(C)C. The van der Waals surface area contributed by atoms with E-state index in [1.54, 1.807) is 5.92 Å². The van der Waals surface area contributed by atoms with Crippen molar-refractivity contribution in [2.75, 3.05) is 0 Å². The minimum absolute atomic E-state index is 0.465. The molecule has 10 heavy (non-hydrogen) atoms. The fourth-order valence-electron chi connectivity index (χ4n) is 1.70. The fourth-order valence-corrected chi connectivity index (χ4v) is 1.70. The molecule has 0 amide bonds. The summed E-state index contributed by atoms with van der Waals surface area (Å²) in [5.41, 5.74) is 0.990. The zero-order chi connectivity index (χ0) is 7.99. The van der Waals surface area contributed by atoms with Crippen LogP contribution < -0.4 is 0 Å². The monoisotopic (exact) mass is 139 g/mol. The second-order valence-electron chi connectivity index (χ2n) is 4.79. The molecule has 0 bridgehead atoms. The van der Waals surface area contributed by atoms with Crippen molar-refractivity contribution in [1.29, 1.82) is 0 Å². The van der Waals surface area contributed by atoms with Gasteiger partial charge in [0.2, 0.25) is 0 Å². The summed E-state index contributed by atoms with van der Waals surface area (Å²) in [5.74, 6) is 1.68. The van der Waals surface area contributed by atoms with Gasteiger partial charge >= 0.3 is 0 Å². The van der Waals surface area contributed by atoms with Crippen molar-refractivity contribution in [2.45, 2.75) is 47.5 Å². The predicted octanol–water partition coefficient (Wildman–Crippen LogP) is 3.43. The van der Waals surface area contributed by atoms with Crippen molar-refractivity contribution in [1.82, 2.24) is 0 Å². The van der Waals surface area contributed by atoms with Crippen LogP contribution in [-0.2, 0) is 0 Å². The Kier molecular flexibility index (Phi) is 1.61. The molecule has 1 radical (unpaired) electrons. The van der Waals surface area contributed by atoms with Crippen LogP contribution in [0.2, 0.25) is 0 Å². The van der Waals surface area contributed by atoms with Crippen LogP contribution in [-0.4, -0.2) is 0 Å². The molecule has 0 aromatic heterocycles. The van der Waals surface area contributed by atoms with Gasteiger partial charge in [-0.3, -0.25) is 0 Å². The van der Waals surface area contributed by atoms with Gasteiger partial charge in [-0.15, -0.1) is 0 Å². The number of hydrogen-bond acceptors (Lipinski definition) is 0. The Morgan fingerprint density at radius 2 is 1.60 bits per heavy atom. The molecule has 0 nitrogen and oxygen atoms in total. The van der Waals surface area contributed by atoms with E-state index in [0.717, 1.165) is 0 Å². The van der Waals surface area contributed by atoms with E-state index in [-0.39, 0.29) is 0 Å². The smallest absolute Gasteiger partial charge is 0.0210 e. The molecule has 0 spiro atoms. The van der Waals surface area contributed by atoms with E-state index in [2.05, 4.69) is 34.6 Å². The average Bonchev–Trinajstić information content (AvgIpc) is 1.94. The first-order valence-corrected chi connectivity index (χ1v) is 4.21. The van der Waals surface area contributed by atoms with Crippen LogP contribution in [0.3, 0.4) is 0 Å². The first-order chi connectivity index (χ1) is 4.38. The molecule has 0 unspecified atom stereocenters. The van der Waals surface area contributed by atoms with Crippen LogP contribution in [0.1, 0.15) is 47.5 Å². The van der Waals surface area contributed by atoms with E-state index in [1.165, 1.54) is 12.8 Å². The van der Waals surface area contributed by atoms with E-state index in [0.29, 0.717) is 10.8 Å². The van der Waals surface area contributed by atoms with Crippen molar-refractivity contribution in [3.8, 4) is 0 Å². The Labute approximate surface area is 65.0 Å². The summed E-state index contributed by atoms with van der Waals surface area (Å²) in [6.45, 7) is 11.8. The van der Waals surface area contributed by atoms with Gasteiger partial charge in [-0.2, -0.15) is 0 Å². The topological polar surface area (TPSA) is 0 Å². The lowest BCUT2D eigenvalue weighted by molar-refractivity contribution is 0.172. The van der Waals surface area contributed by atoms with E-state index in [1.807, 2.05) is 0 Å². The second kappa shape index (κ2) is 1.99. The summed E-state index contributed by atoms with van der Waals surface area (Å²) in [4.78, 5) is 0. The molecule has 0 aromatic carbocycles. The Bertz CT molecular complexity index is 131. The fraction of sp³-hybridized carbons (Fsp3) is 0.900. The highest BCUT2D eigenvalue weighted by Crippen LogP contribution is 2.56. The van der Waals surface area contributed by atoms with Gasteiger partial charge in [-0.05, 0) is 29.6 Å². The van der Waals surface area contributed by atoms with E-state index >= 15 is 0 Å². The maximum atomic E-state index is 2.38. The van der Waals surface area contributed by atoms with Gasteiger partial charge in [0.1, 0.15) is 0 Å². The van der Waals surface area contributed by atoms with Gasteiger partial charge in [0.05, 0.1) is 0 Å². The third-order valence-electron chi connectivity index (χ3n) is 3.88. The Morgan fingerprint density at radius 1 is 1.10 bits per heavy atom. The van der Waals surface area contributed by atoms with Crippen molar-refractivity contribution >= 4 is 0 Å². The summed E-state index contributed by atoms with van der Waals surface area (Å²) in [6, 6.07) is 0.